The molecule has 90 valence electrons. The average molecular weight is 242 g/mol. The zero-order valence-electron chi connectivity index (χ0n) is 9.58. The summed E-state index contributed by atoms with van der Waals surface area (Å²) in [5.41, 5.74) is 1.80. The highest BCUT2D eigenvalue weighted by Crippen LogP contribution is 2.17. The monoisotopic (exact) mass is 242 g/mol. The van der Waals surface area contributed by atoms with Gasteiger partial charge in [-0.05, 0) is 35.9 Å². The molecule has 4 heteroatoms. The number of hydrogen-bond acceptors (Lipinski definition) is 2. The van der Waals surface area contributed by atoms with Crippen LogP contribution in [-0.4, -0.2) is 9.78 Å². The van der Waals surface area contributed by atoms with Gasteiger partial charge in [0.15, 0.2) is 5.76 Å². The highest BCUT2D eigenvalue weighted by molar-refractivity contribution is 5.50. The standard InChI is InChI=1S/C14H11FN2O/c15-12-5-3-11(4-6-12)10-17-8-7-13(16-17)14-2-1-9-18-14/h1-9H,10H2. The number of halogens is 1. The molecule has 0 amide bonds. The van der Waals surface area contributed by atoms with Crippen LogP contribution >= 0.6 is 0 Å². The summed E-state index contributed by atoms with van der Waals surface area (Å²) in [5.74, 6) is 0.517. The molecule has 0 radical (unpaired) electrons. The largest absolute Gasteiger partial charge is 0.463 e. The van der Waals surface area contributed by atoms with Gasteiger partial charge in [-0.1, -0.05) is 12.1 Å². The maximum atomic E-state index is 12.8. The van der Waals surface area contributed by atoms with Crippen molar-refractivity contribution in [1.82, 2.24) is 9.78 Å². The van der Waals surface area contributed by atoms with Crippen LogP contribution in [0.4, 0.5) is 4.39 Å². The zero-order valence-corrected chi connectivity index (χ0v) is 9.58. The molecule has 0 aliphatic rings. The predicted octanol–water partition coefficient (Wildman–Crippen LogP) is 3.33. The fourth-order valence-corrected chi connectivity index (χ4v) is 1.78. The molecule has 0 fully saturated rings. The Morgan fingerprint density at radius 1 is 1.11 bits per heavy atom. The Balaban J connectivity index is 1.80. The molecule has 0 unspecified atom stereocenters. The van der Waals surface area contributed by atoms with Gasteiger partial charge >= 0.3 is 0 Å². The molecular formula is C14H11FN2O. The van der Waals surface area contributed by atoms with Gasteiger partial charge in [-0.2, -0.15) is 5.10 Å². The first-order valence-electron chi connectivity index (χ1n) is 5.63. The van der Waals surface area contributed by atoms with E-state index in [1.807, 2.05) is 24.4 Å². The second-order valence-electron chi connectivity index (χ2n) is 4.00. The summed E-state index contributed by atoms with van der Waals surface area (Å²) < 4.78 is 19.9. The normalized spacial score (nSPS) is 10.7. The van der Waals surface area contributed by atoms with E-state index >= 15 is 0 Å². The molecule has 0 saturated carbocycles. The van der Waals surface area contributed by atoms with Crippen LogP contribution in [0.25, 0.3) is 11.5 Å². The summed E-state index contributed by atoms with van der Waals surface area (Å²) in [6.45, 7) is 0.612. The number of aromatic nitrogens is 2. The van der Waals surface area contributed by atoms with Gasteiger partial charge in [0.05, 0.1) is 12.8 Å². The Bertz CT molecular complexity index is 626. The van der Waals surface area contributed by atoms with Crippen molar-refractivity contribution >= 4 is 0 Å². The van der Waals surface area contributed by atoms with Crippen molar-refractivity contribution in [2.75, 3.05) is 0 Å². The van der Waals surface area contributed by atoms with Crippen molar-refractivity contribution in [3.8, 4) is 11.5 Å². The van der Waals surface area contributed by atoms with E-state index in [0.717, 1.165) is 17.0 Å². The van der Waals surface area contributed by atoms with Crippen molar-refractivity contribution in [1.29, 1.82) is 0 Å². The first-order chi connectivity index (χ1) is 8.81. The maximum Gasteiger partial charge on any atom is 0.154 e. The average Bonchev–Trinajstić information content (AvgIpc) is 3.02. The van der Waals surface area contributed by atoms with Crippen molar-refractivity contribution in [2.45, 2.75) is 6.54 Å². The molecule has 3 rings (SSSR count). The second-order valence-corrected chi connectivity index (χ2v) is 4.00. The van der Waals surface area contributed by atoms with E-state index in [4.69, 9.17) is 4.42 Å². The third kappa shape index (κ3) is 2.18. The highest BCUT2D eigenvalue weighted by Gasteiger charge is 2.05. The Hall–Kier alpha value is -2.36. The second kappa shape index (κ2) is 4.49. The molecule has 0 atom stereocenters. The molecule has 0 saturated heterocycles. The highest BCUT2D eigenvalue weighted by atomic mass is 19.1. The van der Waals surface area contributed by atoms with Crippen LogP contribution < -0.4 is 0 Å². The summed E-state index contributed by atoms with van der Waals surface area (Å²) in [4.78, 5) is 0. The van der Waals surface area contributed by atoms with Gasteiger partial charge in [-0.25, -0.2) is 4.39 Å². The third-order valence-corrected chi connectivity index (χ3v) is 2.67. The van der Waals surface area contributed by atoms with Crippen molar-refractivity contribution in [3.05, 3.63) is 66.3 Å². The summed E-state index contributed by atoms with van der Waals surface area (Å²) in [6.07, 6.45) is 3.50. The number of rotatable bonds is 3. The van der Waals surface area contributed by atoms with E-state index < -0.39 is 0 Å². The Morgan fingerprint density at radius 3 is 2.67 bits per heavy atom. The van der Waals surface area contributed by atoms with E-state index in [1.54, 1.807) is 23.1 Å². The smallest absolute Gasteiger partial charge is 0.154 e. The van der Waals surface area contributed by atoms with Crippen molar-refractivity contribution in [2.24, 2.45) is 0 Å². The van der Waals surface area contributed by atoms with E-state index in [-0.39, 0.29) is 5.82 Å². The van der Waals surface area contributed by atoms with Gasteiger partial charge < -0.3 is 4.42 Å². The van der Waals surface area contributed by atoms with Gasteiger partial charge in [-0.15, -0.1) is 0 Å². The Kier molecular flexibility index (Phi) is 2.68. The van der Waals surface area contributed by atoms with E-state index in [9.17, 15) is 4.39 Å². The van der Waals surface area contributed by atoms with Crippen LogP contribution in [0.1, 0.15) is 5.56 Å². The third-order valence-electron chi connectivity index (χ3n) is 2.67. The minimum Gasteiger partial charge on any atom is -0.463 e. The number of hydrogen-bond donors (Lipinski definition) is 0. The maximum absolute atomic E-state index is 12.8. The van der Waals surface area contributed by atoms with Gasteiger partial charge in [0.25, 0.3) is 0 Å². The molecule has 2 heterocycles. The summed E-state index contributed by atoms with van der Waals surface area (Å²) in [5, 5.41) is 4.40. The zero-order chi connectivity index (χ0) is 12.4. The predicted molar refractivity (Wildman–Crippen MR) is 65.4 cm³/mol. The first kappa shape index (κ1) is 10.8. The minimum absolute atomic E-state index is 0.226. The molecule has 0 spiro atoms. The Labute approximate surface area is 103 Å². The quantitative estimate of drug-likeness (QED) is 0.705. The van der Waals surface area contributed by atoms with Crippen LogP contribution in [0.2, 0.25) is 0 Å². The van der Waals surface area contributed by atoms with Gasteiger partial charge in [0.1, 0.15) is 11.5 Å². The molecule has 3 aromatic rings. The Morgan fingerprint density at radius 2 is 1.94 bits per heavy atom. The molecule has 18 heavy (non-hydrogen) atoms. The SMILES string of the molecule is Fc1ccc(Cn2ccc(-c3ccco3)n2)cc1. The van der Waals surface area contributed by atoms with Gasteiger partial charge in [0.2, 0.25) is 0 Å². The molecule has 3 nitrogen and oxygen atoms in total. The summed E-state index contributed by atoms with van der Waals surface area (Å²) >= 11 is 0. The van der Waals surface area contributed by atoms with Crippen LogP contribution in [0, 0.1) is 5.82 Å². The minimum atomic E-state index is -0.226. The number of furan rings is 1. The summed E-state index contributed by atoms with van der Waals surface area (Å²) in [6, 6.07) is 12.0. The van der Waals surface area contributed by atoms with Crippen molar-refractivity contribution in [3.63, 3.8) is 0 Å². The fraction of sp³-hybridized carbons (Fsp3) is 0.0714. The molecule has 0 bridgehead atoms. The lowest BCUT2D eigenvalue weighted by atomic mass is 10.2. The summed E-state index contributed by atoms with van der Waals surface area (Å²) in [7, 11) is 0. The first-order valence-corrected chi connectivity index (χ1v) is 5.63. The van der Waals surface area contributed by atoms with Crippen LogP contribution in [0.5, 0.6) is 0 Å². The molecule has 2 aromatic heterocycles. The number of benzene rings is 1. The molecular weight excluding hydrogens is 231 g/mol. The van der Waals surface area contributed by atoms with Crippen LogP contribution in [0.3, 0.4) is 0 Å². The van der Waals surface area contributed by atoms with Gasteiger partial charge in [0, 0.05) is 6.20 Å². The molecule has 0 N–H and O–H groups in total. The lowest BCUT2D eigenvalue weighted by Gasteiger charge is -2.01. The molecule has 0 aliphatic heterocycles. The topological polar surface area (TPSA) is 31.0 Å². The van der Waals surface area contributed by atoms with Crippen LogP contribution in [-0.2, 0) is 6.54 Å². The lowest BCUT2D eigenvalue weighted by molar-refractivity contribution is 0.576. The molecule has 0 aliphatic carbocycles. The van der Waals surface area contributed by atoms with Crippen LogP contribution in [0.15, 0.2) is 59.3 Å². The van der Waals surface area contributed by atoms with E-state index in [2.05, 4.69) is 5.10 Å². The van der Waals surface area contributed by atoms with E-state index in [0.29, 0.717) is 6.54 Å². The lowest BCUT2D eigenvalue weighted by Crippen LogP contribution is -2.00. The van der Waals surface area contributed by atoms with Crippen molar-refractivity contribution < 1.29 is 8.81 Å². The molecule has 1 aromatic carbocycles. The van der Waals surface area contributed by atoms with Gasteiger partial charge in [-0.3, -0.25) is 4.68 Å². The fourth-order valence-electron chi connectivity index (χ4n) is 1.78. The number of nitrogens with zero attached hydrogens (tertiary/aromatic N) is 2. The van der Waals surface area contributed by atoms with E-state index in [1.165, 1.54) is 12.1 Å².